The molecule has 0 aromatic carbocycles. The second kappa shape index (κ2) is 7.58. The Morgan fingerprint density at radius 2 is 1.07 bits per heavy atom. The van der Waals surface area contributed by atoms with Crippen LogP contribution in [0.25, 0.3) is 0 Å². The largest absolute Gasteiger partial charge is 0.300 e. The number of unbranched alkanes of at least 4 members (excludes halogenated alkanes) is 2. The smallest absolute Gasteiger partial charge is 0.0152 e. The zero-order valence-electron chi connectivity index (χ0n) is 18.5. The fourth-order valence-corrected chi connectivity index (χ4v) is 10.3. The molecule has 0 heterocycles. The van der Waals surface area contributed by atoms with Crippen molar-refractivity contribution in [2.45, 2.75) is 103 Å². The van der Waals surface area contributed by atoms with Gasteiger partial charge in [-0.3, -0.25) is 4.90 Å². The summed E-state index contributed by atoms with van der Waals surface area (Å²) in [7, 11) is 0. The maximum Gasteiger partial charge on any atom is 0.0152 e. The molecular weight excluding hydrogens is 338 g/mol. The summed E-state index contributed by atoms with van der Waals surface area (Å²) in [5.74, 6) is 10.1. The molecular formula is C27H45N. The van der Waals surface area contributed by atoms with Crippen LogP contribution in [0.15, 0.2) is 0 Å². The molecule has 1 nitrogen and oxygen atoms in total. The third kappa shape index (κ3) is 3.30. The van der Waals surface area contributed by atoms with Crippen molar-refractivity contribution >= 4 is 0 Å². The van der Waals surface area contributed by atoms with Crippen LogP contribution in [0.3, 0.4) is 0 Å². The highest BCUT2D eigenvalue weighted by Crippen LogP contribution is 2.58. The molecule has 1 heteroatoms. The average Bonchev–Trinajstić information content (AvgIpc) is 2.65. The molecule has 0 aromatic heterocycles. The minimum Gasteiger partial charge on any atom is -0.300 e. The van der Waals surface area contributed by atoms with Gasteiger partial charge in [-0.1, -0.05) is 19.8 Å². The molecule has 8 rings (SSSR count). The number of hydrogen-bond acceptors (Lipinski definition) is 1. The summed E-state index contributed by atoms with van der Waals surface area (Å²) in [4.78, 5) is 3.10. The average molecular weight is 384 g/mol. The Bertz CT molecular complexity index is 496. The van der Waals surface area contributed by atoms with E-state index in [1.54, 1.807) is 70.6 Å². The van der Waals surface area contributed by atoms with Crippen LogP contribution in [0, 0.1) is 53.3 Å². The highest BCUT2D eigenvalue weighted by molar-refractivity contribution is 5.03. The minimum absolute atomic E-state index is 0.987. The molecule has 8 saturated carbocycles. The first-order valence-electron chi connectivity index (χ1n) is 13.5. The van der Waals surface area contributed by atoms with Crippen LogP contribution in [0.5, 0.6) is 0 Å². The fourth-order valence-electron chi connectivity index (χ4n) is 10.3. The summed E-state index contributed by atoms with van der Waals surface area (Å²) in [6.45, 7) is 5.26. The van der Waals surface area contributed by atoms with E-state index in [1.165, 1.54) is 32.4 Å². The third-order valence-electron chi connectivity index (χ3n) is 10.8. The van der Waals surface area contributed by atoms with Gasteiger partial charge in [0.1, 0.15) is 0 Å². The molecule has 8 aliphatic carbocycles. The first-order chi connectivity index (χ1) is 13.8. The first kappa shape index (κ1) is 18.7. The molecule has 0 spiro atoms. The molecule has 0 saturated heterocycles. The molecule has 0 aromatic rings. The Hall–Kier alpha value is -0.0400. The van der Waals surface area contributed by atoms with E-state index >= 15 is 0 Å². The van der Waals surface area contributed by atoms with E-state index in [9.17, 15) is 0 Å². The van der Waals surface area contributed by atoms with E-state index in [0.717, 1.165) is 59.3 Å². The maximum absolute atomic E-state index is 3.10. The second-order valence-corrected chi connectivity index (χ2v) is 12.5. The van der Waals surface area contributed by atoms with Crippen molar-refractivity contribution in [1.29, 1.82) is 0 Å². The van der Waals surface area contributed by atoms with Gasteiger partial charge in [-0.15, -0.1) is 0 Å². The normalized spacial score (nSPS) is 50.8. The first-order valence-corrected chi connectivity index (χ1v) is 13.5. The molecule has 0 unspecified atom stereocenters. The lowest BCUT2D eigenvalue weighted by molar-refractivity contribution is -0.0767. The fraction of sp³-hybridized carbons (Fsp3) is 1.00. The zero-order chi connectivity index (χ0) is 18.7. The van der Waals surface area contributed by atoms with Crippen LogP contribution in [0.2, 0.25) is 0 Å². The van der Waals surface area contributed by atoms with Gasteiger partial charge in [0, 0.05) is 6.04 Å². The van der Waals surface area contributed by atoms with Crippen molar-refractivity contribution in [3.63, 3.8) is 0 Å². The SMILES string of the molecule is CCCCCN(CCC1C2CC3CC(C2)CC1C3)C1C2CC3CC(C2)CC1C3. The van der Waals surface area contributed by atoms with E-state index in [2.05, 4.69) is 11.8 Å². The van der Waals surface area contributed by atoms with E-state index in [-0.39, 0.29) is 0 Å². The van der Waals surface area contributed by atoms with Crippen molar-refractivity contribution in [1.82, 2.24) is 4.90 Å². The van der Waals surface area contributed by atoms with Gasteiger partial charge < -0.3 is 0 Å². The van der Waals surface area contributed by atoms with Crippen molar-refractivity contribution in [3.05, 3.63) is 0 Å². The summed E-state index contributed by atoms with van der Waals surface area (Å²) in [6.07, 6.45) is 21.9. The molecule has 0 aliphatic heterocycles. The highest BCUT2D eigenvalue weighted by atomic mass is 15.2. The van der Waals surface area contributed by atoms with Gasteiger partial charge in [0.25, 0.3) is 0 Å². The van der Waals surface area contributed by atoms with Crippen LogP contribution in [0.1, 0.15) is 96.8 Å². The molecule has 8 bridgehead atoms. The van der Waals surface area contributed by atoms with E-state index in [1.807, 2.05) is 0 Å². The van der Waals surface area contributed by atoms with Crippen molar-refractivity contribution in [2.24, 2.45) is 53.3 Å². The lowest BCUT2D eigenvalue weighted by atomic mass is 9.51. The quantitative estimate of drug-likeness (QED) is 0.418. The summed E-state index contributed by atoms with van der Waals surface area (Å²) < 4.78 is 0. The zero-order valence-corrected chi connectivity index (χ0v) is 18.5. The lowest BCUT2D eigenvalue weighted by Gasteiger charge is -2.58. The number of rotatable bonds is 8. The summed E-state index contributed by atoms with van der Waals surface area (Å²) in [5.41, 5.74) is 0. The molecule has 28 heavy (non-hydrogen) atoms. The Kier molecular flexibility index (Phi) is 5.06. The Morgan fingerprint density at radius 3 is 1.57 bits per heavy atom. The van der Waals surface area contributed by atoms with Gasteiger partial charge >= 0.3 is 0 Å². The van der Waals surface area contributed by atoms with Crippen molar-refractivity contribution < 1.29 is 0 Å². The van der Waals surface area contributed by atoms with Gasteiger partial charge in [0.05, 0.1) is 0 Å². The van der Waals surface area contributed by atoms with Gasteiger partial charge in [0.2, 0.25) is 0 Å². The van der Waals surface area contributed by atoms with E-state index in [4.69, 9.17) is 0 Å². The van der Waals surface area contributed by atoms with Crippen molar-refractivity contribution in [2.75, 3.05) is 13.1 Å². The highest BCUT2D eigenvalue weighted by Gasteiger charge is 2.51. The molecule has 0 radical (unpaired) electrons. The molecule has 0 N–H and O–H groups in total. The predicted octanol–water partition coefficient (Wildman–Crippen LogP) is 6.77. The van der Waals surface area contributed by atoms with Crippen LogP contribution < -0.4 is 0 Å². The van der Waals surface area contributed by atoms with Crippen LogP contribution >= 0.6 is 0 Å². The van der Waals surface area contributed by atoms with Gasteiger partial charge in [0.15, 0.2) is 0 Å². The van der Waals surface area contributed by atoms with E-state index in [0.29, 0.717) is 0 Å². The summed E-state index contributed by atoms with van der Waals surface area (Å²) in [6, 6.07) is 0.987. The van der Waals surface area contributed by atoms with Gasteiger partial charge in [-0.05, 0) is 143 Å². The molecule has 8 aliphatic rings. The standard InChI is InChI=1S/C27H45N/c1-2-3-4-6-28(27-24-14-20-9-21(16-24)17-25(27)15-20)7-5-26-22-10-18-8-19(12-22)13-23(26)11-18/h18-27H,2-17H2,1H3. The second-order valence-electron chi connectivity index (χ2n) is 12.5. The number of nitrogens with zero attached hydrogens (tertiary/aromatic N) is 1. The molecule has 158 valence electrons. The maximum atomic E-state index is 3.10. The monoisotopic (exact) mass is 383 g/mol. The lowest BCUT2D eigenvalue weighted by Crippen LogP contribution is -2.56. The summed E-state index contributed by atoms with van der Waals surface area (Å²) in [5, 5.41) is 0. The molecule has 8 fully saturated rings. The summed E-state index contributed by atoms with van der Waals surface area (Å²) >= 11 is 0. The Balaban J connectivity index is 1.14. The van der Waals surface area contributed by atoms with Crippen LogP contribution in [0.4, 0.5) is 0 Å². The van der Waals surface area contributed by atoms with Gasteiger partial charge in [-0.25, -0.2) is 0 Å². The Labute approximate surface area is 174 Å². The van der Waals surface area contributed by atoms with Crippen molar-refractivity contribution in [3.8, 4) is 0 Å². The Morgan fingerprint density at radius 1 is 0.571 bits per heavy atom. The third-order valence-corrected chi connectivity index (χ3v) is 10.8. The van der Waals surface area contributed by atoms with Gasteiger partial charge in [-0.2, -0.15) is 0 Å². The topological polar surface area (TPSA) is 3.24 Å². The van der Waals surface area contributed by atoms with Crippen LogP contribution in [-0.2, 0) is 0 Å². The molecule has 0 amide bonds. The number of hydrogen-bond donors (Lipinski definition) is 0. The molecule has 0 atom stereocenters. The van der Waals surface area contributed by atoms with Crippen LogP contribution in [-0.4, -0.2) is 24.0 Å². The minimum atomic E-state index is 0.987. The predicted molar refractivity (Wildman–Crippen MR) is 117 cm³/mol. The van der Waals surface area contributed by atoms with E-state index < -0.39 is 0 Å².